The molecule has 2 unspecified atom stereocenters. The summed E-state index contributed by atoms with van der Waals surface area (Å²) in [5.74, 6) is -0.214. The van der Waals surface area contributed by atoms with Crippen molar-refractivity contribution in [1.29, 1.82) is 0 Å². The number of carbonyl (C=O) groups is 1. The van der Waals surface area contributed by atoms with Crippen molar-refractivity contribution < 1.29 is 18.0 Å². The Labute approximate surface area is 129 Å². The maximum atomic E-state index is 12.4. The fourth-order valence-electron chi connectivity index (χ4n) is 3.58. The maximum absolute atomic E-state index is 12.4. The third kappa shape index (κ3) is 4.84. The number of hydrogen-bond donors (Lipinski definition) is 2. The van der Waals surface area contributed by atoms with Crippen LogP contribution in [0.1, 0.15) is 45.4 Å². The second kappa shape index (κ2) is 6.74. The van der Waals surface area contributed by atoms with Gasteiger partial charge in [0.25, 0.3) is 0 Å². The standard InChI is InChI=1S/C15H26F3N3O/c1-14(19)7-3-2-4-12(14)13(22)20-11-5-8-21(9-6-11)10-15(16,17)18/h11-12H,2-10,19H2,1H3,(H,20,22). The van der Waals surface area contributed by atoms with Crippen molar-refractivity contribution in [2.24, 2.45) is 11.7 Å². The van der Waals surface area contributed by atoms with Crippen molar-refractivity contribution in [2.45, 2.75) is 63.2 Å². The molecule has 1 aliphatic heterocycles. The molecule has 0 radical (unpaired) electrons. The molecule has 0 aromatic carbocycles. The van der Waals surface area contributed by atoms with E-state index in [9.17, 15) is 18.0 Å². The van der Waals surface area contributed by atoms with Crippen LogP contribution in [0.2, 0.25) is 0 Å². The van der Waals surface area contributed by atoms with Gasteiger partial charge in [-0.15, -0.1) is 0 Å². The molecule has 0 spiro atoms. The van der Waals surface area contributed by atoms with Crippen LogP contribution in [0.5, 0.6) is 0 Å². The lowest BCUT2D eigenvalue weighted by atomic mass is 9.74. The Kier molecular flexibility index (Phi) is 5.37. The fourth-order valence-corrected chi connectivity index (χ4v) is 3.58. The lowest BCUT2D eigenvalue weighted by Crippen LogP contribution is -2.55. The molecule has 1 aliphatic carbocycles. The molecule has 1 amide bonds. The Morgan fingerprint density at radius 2 is 1.91 bits per heavy atom. The summed E-state index contributed by atoms with van der Waals surface area (Å²) in [6.45, 7) is 1.80. The average molecular weight is 321 g/mol. The van der Waals surface area contributed by atoms with Gasteiger partial charge >= 0.3 is 6.18 Å². The molecule has 2 atom stereocenters. The van der Waals surface area contributed by atoms with Crippen LogP contribution in [0.25, 0.3) is 0 Å². The number of likely N-dealkylation sites (tertiary alicyclic amines) is 1. The van der Waals surface area contributed by atoms with Crippen LogP contribution < -0.4 is 11.1 Å². The molecule has 128 valence electrons. The highest BCUT2D eigenvalue weighted by atomic mass is 19.4. The Bertz CT molecular complexity index is 390. The highest BCUT2D eigenvalue weighted by Crippen LogP contribution is 2.32. The summed E-state index contributed by atoms with van der Waals surface area (Å²) in [5, 5.41) is 3.00. The number of halogens is 3. The van der Waals surface area contributed by atoms with Gasteiger partial charge in [0.15, 0.2) is 0 Å². The molecule has 7 heteroatoms. The number of nitrogens with one attached hydrogen (secondary N) is 1. The molecule has 2 rings (SSSR count). The molecule has 3 N–H and O–H groups in total. The summed E-state index contributed by atoms with van der Waals surface area (Å²) in [5.41, 5.74) is 5.75. The number of rotatable bonds is 3. The Balaban J connectivity index is 1.79. The largest absolute Gasteiger partial charge is 0.401 e. The molecule has 0 aromatic rings. The Hall–Kier alpha value is -0.820. The maximum Gasteiger partial charge on any atom is 0.401 e. The van der Waals surface area contributed by atoms with Crippen LogP contribution in [0.3, 0.4) is 0 Å². The first-order chi connectivity index (χ1) is 10.2. The number of nitrogens with two attached hydrogens (primary N) is 1. The molecule has 0 aromatic heterocycles. The van der Waals surface area contributed by atoms with Crippen LogP contribution in [-0.4, -0.2) is 48.2 Å². The predicted molar refractivity (Wildman–Crippen MR) is 78.2 cm³/mol. The van der Waals surface area contributed by atoms with Gasteiger partial charge in [0.1, 0.15) is 0 Å². The summed E-state index contributed by atoms with van der Waals surface area (Å²) >= 11 is 0. The van der Waals surface area contributed by atoms with Crippen molar-refractivity contribution in [3.05, 3.63) is 0 Å². The van der Waals surface area contributed by atoms with Gasteiger partial charge in [0, 0.05) is 24.7 Å². The van der Waals surface area contributed by atoms with Gasteiger partial charge in [-0.1, -0.05) is 12.8 Å². The molecular formula is C15H26F3N3O. The van der Waals surface area contributed by atoms with Gasteiger partial charge in [0.2, 0.25) is 5.91 Å². The number of carbonyl (C=O) groups excluding carboxylic acids is 1. The Morgan fingerprint density at radius 3 is 2.45 bits per heavy atom. The fraction of sp³-hybridized carbons (Fsp3) is 0.933. The van der Waals surface area contributed by atoms with Crippen molar-refractivity contribution in [1.82, 2.24) is 10.2 Å². The zero-order chi connectivity index (χ0) is 16.4. The third-order valence-electron chi connectivity index (χ3n) is 4.91. The van der Waals surface area contributed by atoms with E-state index in [1.807, 2.05) is 6.92 Å². The van der Waals surface area contributed by atoms with Gasteiger partial charge in [0.05, 0.1) is 12.5 Å². The molecule has 1 saturated carbocycles. The smallest absolute Gasteiger partial charge is 0.353 e. The summed E-state index contributed by atoms with van der Waals surface area (Å²) < 4.78 is 37.1. The summed E-state index contributed by atoms with van der Waals surface area (Å²) in [7, 11) is 0. The normalized spacial score (nSPS) is 32.0. The molecule has 2 aliphatic rings. The van der Waals surface area contributed by atoms with Crippen molar-refractivity contribution in [3.63, 3.8) is 0 Å². The monoisotopic (exact) mass is 321 g/mol. The van der Waals surface area contributed by atoms with E-state index < -0.39 is 18.3 Å². The minimum absolute atomic E-state index is 0.0287. The van der Waals surface area contributed by atoms with Crippen LogP contribution in [0, 0.1) is 5.92 Å². The van der Waals surface area contributed by atoms with Crippen LogP contribution in [0.15, 0.2) is 0 Å². The van der Waals surface area contributed by atoms with Crippen molar-refractivity contribution >= 4 is 5.91 Å². The van der Waals surface area contributed by atoms with Gasteiger partial charge < -0.3 is 11.1 Å². The van der Waals surface area contributed by atoms with Crippen LogP contribution in [-0.2, 0) is 4.79 Å². The molecule has 0 bridgehead atoms. The topological polar surface area (TPSA) is 58.4 Å². The predicted octanol–water partition coefficient (Wildman–Crippen LogP) is 2.04. The van der Waals surface area contributed by atoms with E-state index in [0.717, 1.165) is 25.7 Å². The SMILES string of the molecule is CC1(N)CCCCC1C(=O)NC1CCN(CC(F)(F)F)CC1. The van der Waals surface area contributed by atoms with E-state index in [-0.39, 0.29) is 17.9 Å². The van der Waals surface area contributed by atoms with Gasteiger partial charge in [-0.25, -0.2) is 0 Å². The van der Waals surface area contributed by atoms with Gasteiger partial charge in [-0.2, -0.15) is 13.2 Å². The van der Waals surface area contributed by atoms with Crippen molar-refractivity contribution in [3.8, 4) is 0 Å². The number of alkyl halides is 3. The quantitative estimate of drug-likeness (QED) is 0.836. The van der Waals surface area contributed by atoms with Gasteiger partial charge in [-0.05, 0) is 32.6 Å². The molecule has 22 heavy (non-hydrogen) atoms. The molecule has 2 fully saturated rings. The average Bonchev–Trinajstić information content (AvgIpc) is 2.38. The number of hydrogen-bond acceptors (Lipinski definition) is 3. The first-order valence-electron chi connectivity index (χ1n) is 8.06. The summed E-state index contributed by atoms with van der Waals surface area (Å²) in [4.78, 5) is 13.8. The van der Waals surface area contributed by atoms with Crippen LogP contribution >= 0.6 is 0 Å². The first-order valence-corrected chi connectivity index (χ1v) is 8.06. The minimum atomic E-state index is -4.15. The van der Waals surface area contributed by atoms with Gasteiger partial charge in [-0.3, -0.25) is 9.69 Å². The van der Waals surface area contributed by atoms with E-state index in [4.69, 9.17) is 5.73 Å². The van der Waals surface area contributed by atoms with E-state index in [1.54, 1.807) is 0 Å². The number of nitrogens with zero attached hydrogens (tertiary/aromatic N) is 1. The second-order valence-corrected chi connectivity index (χ2v) is 6.98. The second-order valence-electron chi connectivity index (χ2n) is 6.98. The van der Waals surface area contributed by atoms with E-state index in [0.29, 0.717) is 25.9 Å². The molecule has 1 heterocycles. The zero-order valence-electron chi connectivity index (χ0n) is 13.1. The van der Waals surface area contributed by atoms with E-state index >= 15 is 0 Å². The number of amides is 1. The highest BCUT2D eigenvalue weighted by molar-refractivity contribution is 5.80. The zero-order valence-corrected chi connectivity index (χ0v) is 13.1. The minimum Gasteiger partial charge on any atom is -0.353 e. The number of piperidine rings is 1. The molecule has 4 nitrogen and oxygen atoms in total. The summed E-state index contributed by atoms with van der Waals surface area (Å²) in [6.07, 6.45) is 0.674. The molecular weight excluding hydrogens is 295 g/mol. The lowest BCUT2D eigenvalue weighted by molar-refractivity contribution is -0.148. The van der Waals surface area contributed by atoms with E-state index in [2.05, 4.69) is 5.32 Å². The molecule has 1 saturated heterocycles. The van der Waals surface area contributed by atoms with Crippen molar-refractivity contribution in [2.75, 3.05) is 19.6 Å². The Morgan fingerprint density at radius 1 is 1.27 bits per heavy atom. The highest BCUT2D eigenvalue weighted by Gasteiger charge is 2.39. The first kappa shape index (κ1) is 17.5. The van der Waals surface area contributed by atoms with Crippen LogP contribution in [0.4, 0.5) is 13.2 Å². The van der Waals surface area contributed by atoms with E-state index in [1.165, 1.54) is 4.90 Å². The lowest BCUT2D eigenvalue weighted by Gasteiger charge is -2.39. The third-order valence-corrected chi connectivity index (χ3v) is 4.91. The summed E-state index contributed by atoms with van der Waals surface area (Å²) in [6, 6.07) is -0.0327.